The van der Waals surface area contributed by atoms with E-state index < -0.39 is 0 Å². The number of ether oxygens (including phenoxy) is 2. The number of halogens is 1. The number of methoxy groups -OCH3 is 2. The SMILES string of the molecule is COc1ccc(CC(=Cc2cccc(C(=N)N)c2)Cc2ccc(OC)cc2)cc1.Cl. The van der Waals surface area contributed by atoms with Crippen LogP contribution in [0.3, 0.4) is 0 Å². The summed E-state index contributed by atoms with van der Waals surface area (Å²) >= 11 is 0. The summed E-state index contributed by atoms with van der Waals surface area (Å²) in [6.45, 7) is 0. The number of nitrogens with one attached hydrogen (secondary N) is 1. The van der Waals surface area contributed by atoms with Crippen molar-refractivity contribution < 1.29 is 9.47 Å². The van der Waals surface area contributed by atoms with Gasteiger partial charge in [0.1, 0.15) is 17.3 Å². The lowest BCUT2D eigenvalue weighted by atomic mass is 9.95. The van der Waals surface area contributed by atoms with E-state index in [0.29, 0.717) is 0 Å². The summed E-state index contributed by atoms with van der Waals surface area (Å²) in [7, 11) is 3.35. The highest BCUT2D eigenvalue weighted by Crippen LogP contribution is 2.21. The molecule has 0 atom stereocenters. The molecule has 3 aromatic rings. The molecule has 0 bridgehead atoms. The summed E-state index contributed by atoms with van der Waals surface area (Å²) in [6, 6.07) is 24.1. The zero-order chi connectivity index (χ0) is 20.6. The Morgan fingerprint density at radius 2 is 1.33 bits per heavy atom. The summed E-state index contributed by atoms with van der Waals surface area (Å²) in [6.07, 6.45) is 3.82. The molecule has 0 aliphatic carbocycles. The van der Waals surface area contributed by atoms with E-state index in [9.17, 15) is 0 Å². The van der Waals surface area contributed by atoms with Gasteiger partial charge in [-0.25, -0.2) is 0 Å². The van der Waals surface area contributed by atoms with Crippen molar-refractivity contribution in [3.8, 4) is 11.5 Å². The van der Waals surface area contributed by atoms with Gasteiger partial charge in [-0.1, -0.05) is 54.1 Å². The maximum Gasteiger partial charge on any atom is 0.122 e. The molecule has 30 heavy (non-hydrogen) atoms. The Morgan fingerprint density at radius 3 is 1.77 bits per heavy atom. The number of allylic oxidation sites excluding steroid dienone is 1. The van der Waals surface area contributed by atoms with E-state index in [0.717, 1.165) is 35.5 Å². The van der Waals surface area contributed by atoms with E-state index in [2.05, 4.69) is 30.3 Å². The van der Waals surface area contributed by atoms with Gasteiger partial charge in [0.2, 0.25) is 0 Å². The van der Waals surface area contributed by atoms with Gasteiger partial charge in [-0.15, -0.1) is 12.4 Å². The van der Waals surface area contributed by atoms with Gasteiger partial charge < -0.3 is 15.2 Å². The molecule has 5 heteroatoms. The zero-order valence-corrected chi connectivity index (χ0v) is 18.0. The van der Waals surface area contributed by atoms with Gasteiger partial charge in [0.15, 0.2) is 0 Å². The Labute approximate surface area is 184 Å². The largest absolute Gasteiger partial charge is 0.497 e. The Balaban J connectivity index is 0.00000320. The standard InChI is InChI=1S/C25H26N2O2.ClH/c1-28-23-10-6-18(7-11-23)14-21(15-19-8-12-24(29-2)13-9-19)16-20-4-3-5-22(17-20)25(26)27;/h3-13,16-17H,14-15H2,1-2H3,(H3,26,27);1H. The van der Waals surface area contributed by atoms with Crippen LogP contribution in [0.2, 0.25) is 0 Å². The van der Waals surface area contributed by atoms with E-state index >= 15 is 0 Å². The van der Waals surface area contributed by atoms with Crippen molar-refractivity contribution in [1.29, 1.82) is 5.41 Å². The van der Waals surface area contributed by atoms with Gasteiger partial charge >= 0.3 is 0 Å². The second-order valence-corrected chi connectivity index (χ2v) is 6.89. The molecule has 0 heterocycles. The number of amidine groups is 1. The molecule has 3 N–H and O–H groups in total. The maximum absolute atomic E-state index is 7.68. The molecular weight excluding hydrogens is 396 g/mol. The topological polar surface area (TPSA) is 68.3 Å². The first-order chi connectivity index (χ1) is 14.1. The maximum atomic E-state index is 7.68. The highest BCUT2D eigenvalue weighted by atomic mass is 35.5. The number of hydrogen-bond acceptors (Lipinski definition) is 3. The first-order valence-corrected chi connectivity index (χ1v) is 9.47. The fourth-order valence-electron chi connectivity index (χ4n) is 3.21. The van der Waals surface area contributed by atoms with Crippen molar-refractivity contribution in [1.82, 2.24) is 0 Å². The van der Waals surface area contributed by atoms with Gasteiger partial charge in [0.05, 0.1) is 14.2 Å². The lowest BCUT2D eigenvalue weighted by Gasteiger charge is -2.11. The van der Waals surface area contributed by atoms with Crippen LogP contribution in [-0.4, -0.2) is 20.1 Å². The number of hydrogen-bond donors (Lipinski definition) is 2. The molecule has 0 saturated carbocycles. The third-order valence-electron chi connectivity index (χ3n) is 4.75. The van der Waals surface area contributed by atoms with Crippen LogP contribution in [0.1, 0.15) is 22.3 Å². The molecule has 0 spiro atoms. The Kier molecular flexibility index (Phi) is 8.51. The van der Waals surface area contributed by atoms with Crippen LogP contribution < -0.4 is 15.2 Å². The van der Waals surface area contributed by atoms with Gasteiger partial charge in [-0.2, -0.15) is 0 Å². The lowest BCUT2D eigenvalue weighted by Crippen LogP contribution is -2.10. The average Bonchev–Trinajstić information content (AvgIpc) is 2.75. The fourth-order valence-corrected chi connectivity index (χ4v) is 3.21. The van der Waals surface area contributed by atoms with Crippen molar-refractivity contribution in [2.45, 2.75) is 12.8 Å². The second kappa shape index (κ2) is 11.1. The fraction of sp³-hybridized carbons (Fsp3) is 0.160. The highest BCUT2D eigenvalue weighted by Gasteiger charge is 2.05. The van der Waals surface area contributed by atoms with Crippen LogP contribution >= 0.6 is 12.4 Å². The third kappa shape index (κ3) is 6.39. The molecule has 0 aliphatic rings. The molecule has 0 saturated heterocycles. The highest BCUT2D eigenvalue weighted by molar-refractivity contribution is 5.95. The van der Waals surface area contributed by atoms with Crippen LogP contribution in [-0.2, 0) is 12.8 Å². The first kappa shape index (κ1) is 23.0. The first-order valence-electron chi connectivity index (χ1n) is 9.47. The summed E-state index contributed by atoms with van der Waals surface area (Å²) in [5.74, 6) is 1.78. The molecule has 0 aromatic heterocycles. The molecule has 0 fully saturated rings. The molecule has 3 rings (SSSR count). The van der Waals surface area contributed by atoms with Gasteiger partial charge in [0, 0.05) is 5.56 Å². The van der Waals surface area contributed by atoms with Crippen LogP contribution in [0.25, 0.3) is 6.08 Å². The molecule has 0 radical (unpaired) electrons. The van der Waals surface area contributed by atoms with Crippen molar-refractivity contribution in [2.75, 3.05) is 14.2 Å². The molecule has 3 aromatic carbocycles. The van der Waals surface area contributed by atoms with E-state index in [1.54, 1.807) is 14.2 Å². The van der Waals surface area contributed by atoms with Gasteiger partial charge in [-0.05, 0) is 59.9 Å². The minimum Gasteiger partial charge on any atom is -0.497 e. The molecule has 4 nitrogen and oxygen atoms in total. The predicted octanol–water partition coefficient (Wildman–Crippen LogP) is 5.28. The summed E-state index contributed by atoms with van der Waals surface area (Å²) in [5, 5.41) is 7.68. The predicted molar refractivity (Wildman–Crippen MR) is 126 cm³/mol. The molecule has 0 amide bonds. The van der Waals surface area contributed by atoms with Crippen molar-refractivity contribution in [3.05, 3.63) is 101 Å². The smallest absolute Gasteiger partial charge is 0.122 e. The lowest BCUT2D eigenvalue weighted by molar-refractivity contribution is 0.414. The number of benzene rings is 3. The van der Waals surface area contributed by atoms with E-state index in [4.69, 9.17) is 20.6 Å². The van der Waals surface area contributed by atoms with Crippen molar-refractivity contribution >= 4 is 24.3 Å². The van der Waals surface area contributed by atoms with Crippen LogP contribution in [0.15, 0.2) is 78.4 Å². The van der Waals surface area contributed by atoms with E-state index in [1.165, 1.54) is 16.7 Å². The summed E-state index contributed by atoms with van der Waals surface area (Å²) in [4.78, 5) is 0. The number of nitrogens with two attached hydrogens (primary N) is 1. The minimum absolute atomic E-state index is 0. The average molecular weight is 423 g/mol. The Morgan fingerprint density at radius 1 is 0.833 bits per heavy atom. The normalized spacial score (nSPS) is 9.93. The zero-order valence-electron chi connectivity index (χ0n) is 17.2. The summed E-state index contributed by atoms with van der Waals surface area (Å²) < 4.78 is 10.5. The van der Waals surface area contributed by atoms with Crippen LogP contribution in [0, 0.1) is 5.41 Å². The van der Waals surface area contributed by atoms with Crippen LogP contribution in [0.5, 0.6) is 11.5 Å². The summed E-state index contributed by atoms with van der Waals surface area (Å²) in [5.41, 5.74) is 11.1. The molecular formula is C25H27ClN2O2. The third-order valence-corrected chi connectivity index (χ3v) is 4.75. The van der Waals surface area contributed by atoms with Crippen molar-refractivity contribution in [3.63, 3.8) is 0 Å². The molecule has 0 aliphatic heterocycles. The molecule has 156 valence electrons. The molecule has 0 unspecified atom stereocenters. The Bertz CT molecular complexity index is 945. The van der Waals surface area contributed by atoms with Crippen LogP contribution in [0.4, 0.5) is 0 Å². The van der Waals surface area contributed by atoms with Crippen molar-refractivity contribution in [2.24, 2.45) is 5.73 Å². The minimum atomic E-state index is 0. The van der Waals surface area contributed by atoms with Gasteiger partial charge in [0.25, 0.3) is 0 Å². The van der Waals surface area contributed by atoms with E-state index in [-0.39, 0.29) is 18.2 Å². The van der Waals surface area contributed by atoms with E-state index in [1.807, 2.05) is 48.5 Å². The second-order valence-electron chi connectivity index (χ2n) is 6.89. The Hall–Kier alpha value is -3.24. The number of rotatable bonds is 8. The quantitative estimate of drug-likeness (QED) is 0.383. The number of nitrogen functional groups attached to an aromatic ring is 1. The van der Waals surface area contributed by atoms with Gasteiger partial charge in [-0.3, -0.25) is 5.41 Å². The monoisotopic (exact) mass is 422 g/mol.